The Balaban J connectivity index is 1.73. The van der Waals surface area contributed by atoms with E-state index in [2.05, 4.69) is 10.2 Å². The Bertz CT molecular complexity index is 403. The Hall–Kier alpha value is -1.42. The molecule has 1 aliphatic rings. The largest absolute Gasteiger partial charge is 0.493 e. The SMILES string of the molecule is COc1ccc(NCCCN2CCCCC2)cc1OC. The van der Waals surface area contributed by atoms with Crippen molar-refractivity contribution in [3.05, 3.63) is 18.2 Å². The van der Waals surface area contributed by atoms with Gasteiger partial charge in [0.05, 0.1) is 14.2 Å². The van der Waals surface area contributed by atoms with Crippen LogP contribution >= 0.6 is 0 Å². The minimum absolute atomic E-state index is 0.770. The number of benzene rings is 1. The summed E-state index contributed by atoms with van der Waals surface area (Å²) in [5.74, 6) is 1.54. The molecule has 0 saturated carbocycles. The first-order chi connectivity index (χ1) is 9.83. The van der Waals surface area contributed by atoms with Crippen LogP contribution in [0.5, 0.6) is 11.5 Å². The lowest BCUT2D eigenvalue weighted by atomic mass is 10.1. The summed E-state index contributed by atoms with van der Waals surface area (Å²) in [7, 11) is 3.32. The van der Waals surface area contributed by atoms with Gasteiger partial charge in [0.1, 0.15) is 0 Å². The highest BCUT2D eigenvalue weighted by Crippen LogP contribution is 2.29. The van der Waals surface area contributed by atoms with E-state index in [1.807, 2.05) is 18.2 Å². The molecular formula is C16H26N2O2. The molecule has 0 radical (unpaired) electrons. The Labute approximate surface area is 122 Å². The van der Waals surface area contributed by atoms with Crippen molar-refractivity contribution in [2.24, 2.45) is 0 Å². The third-order valence-electron chi connectivity index (χ3n) is 3.81. The minimum Gasteiger partial charge on any atom is -0.493 e. The topological polar surface area (TPSA) is 33.7 Å². The van der Waals surface area contributed by atoms with Crippen LogP contribution in [0.1, 0.15) is 25.7 Å². The fourth-order valence-electron chi connectivity index (χ4n) is 2.66. The summed E-state index contributed by atoms with van der Waals surface area (Å²) < 4.78 is 10.5. The lowest BCUT2D eigenvalue weighted by molar-refractivity contribution is 0.228. The molecule has 4 heteroatoms. The second-order valence-corrected chi connectivity index (χ2v) is 5.25. The van der Waals surface area contributed by atoms with Gasteiger partial charge in [0, 0.05) is 18.3 Å². The molecular weight excluding hydrogens is 252 g/mol. The number of nitrogens with one attached hydrogen (secondary N) is 1. The average molecular weight is 278 g/mol. The molecule has 0 amide bonds. The Morgan fingerprint density at radius 2 is 1.80 bits per heavy atom. The van der Waals surface area contributed by atoms with E-state index in [9.17, 15) is 0 Å². The summed E-state index contributed by atoms with van der Waals surface area (Å²) in [5, 5.41) is 3.45. The van der Waals surface area contributed by atoms with Crippen LogP contribution in [0.3, 0.4) is 0 Å². The number of rotatable bonds is 7. The lowest BCUT2D eigenvalue weighted by Crippen LogP contribution is -2.31. The number of piperidine rings is 1. The number of hydrogen-bond acceptors (Lipinski definition) is 4. The van der Waals surface area contributed by atoms with E-state index < -0.39 is 0 Å². The number of ether oxygens (including phenoxy) is 2. The van der Waals surface area contributed by atoms with Crippen molar-refractivity contribution < 1.29 is 9.47 Å². The molecule has 0 atom stereocenters. The first kappa shape index (κ1) is 15.0. The molecule has 4 nitrogen and oxygen atoms in total. The number of methoxy groups -OCH3 is 2. The van der Waals surface area contributed by atoms with Gasteiger partial charge < -0.3 is 19.7 Å². The fraction of sp³-hybridized carbons (Fsp3) is 0.625. The van der Waals surface area contributed by atoms with Crippen LogP contribution < -0.4 is 14.8 Å². The molecule has 1 saturated heterocycles. The first-order valence-electron chi connectivity index (χ1n) is 7.52. The summed E-state index contributed by atoms with van der Waals surface area (Å²) >= 11 is 0. The number of anilines is 1. The van der Waals surface area contributed by atoms with Crippen molar-refractivity contribution in [2.45, 2.75) is 25.7 Å². The number of hydrogen-bond donors (Lipinski definition) is 1. The molecule has 1 N–H and O–H groups in total. The van der Waals surface area contributed by atoms with E-state index in [1.165, 1.54) is 45.3 Å². The van der Waals surface area contributed by atoms with E-state index >= 15 is 0 Å². The number of likely N-dealkylation sites (tertiary alicyclic amines) is 1. The normalized spacial score (nSPS) is 15.9. The van der Waals surface area contributed by atoms with Crippen molar-refractivity contribution in [3.63, 3.8) is 0 Å². The van der Waals surface area contributed by atoms with Gasteiger partial charge in [-0.2, -0.15) is 0 Å². The standard InChI is InChI=1S/C16H26N2O2/c1-19-15-8-7-14(13-16(15)20-2)17-9-6-12-18-10-4-3-5-11-18/h7-8,13,17H,3-6,9-12H2,1-2H3. The van der Waals surface area contributed by atoms with Crippen molar-refractivity contribution in [1.82, 2.24) is 4.90 Å². The molecule has 20 heavy (non-hydrogen) atoms. The van der Waals surface area contributed by atoms with Crippen LogP contribution in [-0.4, -0.2) is 45.3 Å². The predicted molar refractivity (Wildman–Crippen MR) is 82.9 cm³/mol. The molecule has 1 aromatic rings. The Kier molecular flexibility index (Phi) is 5.99. The van der Waals surface area contributed by atoms with Crippen molar-refractivity contribution >= 4 is 5.69 Å². The zero-order chi connectivity index (χ0) is 14.2. The molecule has 1 heterocycles. The number of nitrogens with zero attached hydrogens (tertiary/aromatic N) is 1. The third kappa shape index (κ3) is 4.30. The summed E-state index contributed by atoms with van der Waals surface area (Å²) in [4.78, 5) is 2.57. The highest BCUT2D eigenvalue weighted by Gasteiger charge is 2.09. The quantitative estimate of drug-likeness (QED) is 0.777. The molecule has 1 fully saturated rings. The monoisotopic (exact) mass is 278 g/mol. The fourth-order valence-corrected chi connectivity index (χ4v) is 2.66. The van der Waals surface area contributed by atoms with E-state index in [1.54, 1.807) is 14.2 Å². The van der Waals surface area contributed by atoms with Crippen LogP contribution in [0.15, 0.2) is 18.2 Å². The molecule has 0 aromatic heterocycles. The molecule has 0 spiro atoms. The van der Waals surface area contributed by atoms with Gasteiger partial charge in [-0.3, -0.25) is 0 Å². The van der Waals surface area contributed by atoms with Gasteiger partial charge in [-0.15, -0.1) is 0 Å². The Morgan fingerprint density at radius 1 is 1.05 bits per heavy atom. The van der Waals surface area contributed by atoms with Gasteiger partial charge >= 0.3 is 0 Å². The molecule has 0 aliphatic carbocycles. The molecule has 0 bridgehead atoms. The van der Waals surface area contributed by atoms with E-state index in [4.69, 9.17) is 9.47 Å². The van der Waals surface area contributed by atoms with Crippen molar-refractivity contribution in [3.8, 4) is 11.5 Å². The smallest absolute Gasteiger partial charge is 0.162 e. The molecule has 112 valence electrons. The van der Waals surface area contributed by atoms with Crippen molar-refractivity contribution in [1.29, 1.82) is 0 Å². The summed E-state index contributed by atoms with van der Waals surface area (Å²) in [6.07, 6.45) is 5.31. The highest BCUT2D eigenvalue weighted by atomic mass is 16.5. The van der Waals surface area contributed by atoms with Gasteiger partial charge in [0.15, 0.2) is 11.5 Å². The zero-order valence-corrected chi connectivity index (χ0v) is 12.7. The molecule has 0 unspecified atom stereocenters. The van der Waals surface area contributed by atoms with E-state index in [-0.39, 0.29) is 0 Å². The maximum Gasteiger partial charge on any atom is 0.162 e. The van der Waals surface area contributed by atoms with Gasteiger partial charge in [-0.05, 0) is 51.0 Å². The zero-order valence-electron chi connectivity index (χ0n) is 12.7. The highest BCUT2D eigenvalue weighted by molar-refractivity contribution is 5.54. The maximum atomic E-state index is 5.31. The average Bonchev–Trinajstić information content (AvgIpc) is 2.52. The summed E-state index contributed by atoms with van der Waals surface area (Å²) in [6, 6.07) is 5.95. The summed E-state index contributed by atoms with van der Waals surface area (Å²) in [5.41, 5.74) is 1.08. The van der Waals surface area contributed by atoms with Crippen LogP contribution in [0, 0.1) is 0 Å². The second kappa shape index (κ2) is 8.00. The Morgan fingerprint density at radius 3 is 2.50 bits per heavy atom. The van der Waals surface area contributed by atoms with E-state index in [0.29, 0.717) is 0 Å². The second-order valence-electron chi connectivity index (χ2n) is 5.25. The van der Waals surface area contributed by atoms with Gasteiger partial charge in [0.25, 0.3) is 0 Å². The van der Waals surface area contributed by atoms with E-state index in [0.717, 1.165) is 23.7 Å². The van der Waals surface area contributed by atoms with Gasteiger partial charge in [-0.25, -0.2) is 0 Å². The minimum atomic E-state index is 0.770. The van der Waals surface area contributed by atoms with Gasteiger partial charge in [0.2, 0.25) is 0 Å². The molecule has 1 aromatic carbocycles. The lowest BCUT2D eigenvalue weighted by Gasteiger charge is -2.26. The first-order valence-corrected chi connectivity index (χ1v) is 7.52. The van der Waals surface area contributed by atoms with Gasteiger partial charge in [-0.1, -0.05) is 6.42 Å². The third-order valence-corrected chi connectivity index (χ3v) is 3.81. The summed E-state index contributed by atoms with van der Waals surface area (Å²) in [6.45, 7) is 4.74. The van der Waals surface area contributed by atoms with Crippen molar-refractivity contribution in [2.75, 3.05) is 45.7 Å². The van der Waals surface area contributed by atoms with Crippen LogP contribution in [-0.2, 0) is 0 Å². The van der Waals surface area contributed by atoms with Crippen LogP contribution in [0.4, 0.5) is 5.69 Å². The maximum absolute atomic E-state index is 5.31. The molecule has 1 aliphatic heterocycles. The van der Waals surface area contributed by atoms with Crippen LogP contribution in [0.2, 0.25) is 0 Å². The van der Waals surface area contributed by atoms with Crippen LogP contribution in [0.25, 0.3) is 0 Å². The predicted octanol–water partition coefficient (Wildman–Crippen LogP) is 2.99. The molecule has 2 rings (SSSR count).